The van der Waals surface area contributed by atoms with Gasteiger partial charge in [0.25, 0.3) is 15.9 Å². The van der Waals surface area contributed by atoms with Crippen molar-refractivity contribution in [3.8, 4) is 5.75 Å². The molecule has 2 saturated heterocycles. The van der Waals surface area contributed by atoms with Crippen LogP contribution in [-0.4, -0.2) is 92.5 Å². The average Bonchev–Trinajstić information content (AvgIpc) is 2.74. The smallest absolute Gasteiger partial charge is 0.322 e. The van der Waals surface area contributed by atoms with Crippen molar-refractivity contribution >= 4 is 27.6 Å². The largest absolute Gasteiger partial charge is 0.495 e. The Morgan fingerprint density at radius 3 is 2.34 bits per heavy atom. The minimum absolute atomic E-state index is 0.166. The molecule has 0 unspecified atom stereocenters. The number of nitrogens with one attached hydrogen (secondary N) is 1. The predicted octanol–water partition coefficient (Wildman–Crippen LogP) is 0.330. The number of rotatable bonds is 5. The Labute approximate surface area is 168 Å². The number of nitro benzene ring substituents is 1. The first-order chi connectivity index (χ1) is 13.8. The number of nitro groups is 1. The molecule has 0 aliphatic carbocycles. The van der Waals surface area contributed by atoms with Gasteiger partial charge in [0.1, 0.15) is 5.75 Å². The fraction of sp³-hybridized carbons (Fsp3) is 0.562. The van der Waals surface area contributed by atoms with Crippen LogP contribution in [0, 0.1) is 10.1 Å². The summed E-state index contributed by atoms with van der Waals surface area (Å²) in [6, 6.07) is 3.42. The van der Waals surface area contributed by atoms with E-state index in [0.717, 1.165) is 0 Å². The maximum atomic E-state index is 12.7. The number of carbonyl (C=O) groups excluding carboxylic acids is 1. The first kappa shape index (κ1) is 21.2. The summed E-state index contributed by atoms with van der Waals surface area (Å²) in [5.41, 5.74) is -0.00223. The van der Waals surface area contributed by atoms with Crippen LogP contribution in [0.15, 0.2) is 18.2 Å². The summed E-state index contributed by atoms with van der Waals surface area (Å²) >= 11 is 0. The van der Waals surface area contributed by atoms with E-state index in [0.29, 0.717) is 26.3 Å². The molecule has 3 rings (SSSR count). The molecule has 2 heterocycles. The molecular weight excluding hydrogens is 406 g/mol. The summed E-state index contributed by atoms with van der Waals surface area (Å²) in [4.78, 5) is 24.4. The summed E-state index contributed by atoms with van der Waals surface area (Å²) in [6.07, 6.45) is 0. The number of methoxy groups -OCH3 is 1. The Morgan fingerprint density at radius 1 is 1.14 bits per heavy atom. The second-order valence-electron chi connectivity index (χ2n) is 6.48. The van der Waals surface area contributed by atoms with Crippen molar-refractivity contribution in [2.75, 3.05) is 64.9 Å². The zero-order valence-electron chi connectivity index (χ0n) is 15.9. The average molecular weight is 429 g/mol. The maximum absolute atomic E-state index is 12.7. The Balaban J connectivity index is 1.62. The van der Waals surface area contributed by atoms with Gasteiger partial charge in [0, 0.05) is 51.4 Å². The second-order valence-corrected chi connectivity index (χ2v) is 8.41. The number of piperazine rings is 1. The van der Waals surface area contributed by atoms with Crippen LogP contribution in [0.3, 0.4) is 0 Å². The lowest BCUT2D eigenvalue weighted by Gasteiger charge is -2.37. The SMILES string of the molecule is COc1ccc([N+](=O)[O-])cc1NC(=O)N1CCN(S(=O)(=O)N2CCOCC2)CC1. The van der Waals surface area contributed by atoms with Gasteiger partial charge >= 0.3 is 6.03 Å². The molecule has 160 valence electrons. The van der Waals surface area contributed by atoms with Crippen molar-refractivity contribution in [1.82, 2.24) is 13.5 Å². The quantitative estimate of drug-likeness (QED) is 0.526. The number of carbonyl (C=O) groups is 1. The number of hydrogen-bond donors (Lipinski definition) is 1. The van der Waals surface area contributed by atoms with Crippen LogP contribution >= 0.6 is 0 Å². The molecule has 2 fully saturated rings. The molecule has 0 bridgehead atoms. The molecular formula is C16H23N5O7S. The number of benzene rings is 1. The fourth-order valence-electron chi connectivity index (χ4n) is 3.16. The molecule has 0 aromatic heterocycles. The van der Waals surface area contributed by atoms with E-state index < -0.39 is 21.2 Å². The van der Waals surface area contributed by atoms with E-state index in [1.54, 1.807) is 0 Å². The molecule has 0 atom stereocenters. The van der Waals surface area contributed by atoms with Crippen LogP contribution in [0.25, 0.3) is 0 Å². The summed E-state index contributed by atoms with van der Waals surface area (Å²) < 4.78 is 38.5. The number of anilines is 1. The van der Waals surface area contributed by atoms with Crippen molar-refractivity contribution in [2.45, 2.75) is 0 Å². The zero-order chi connectivity index (χ0) is 21.0. The molecule has 2 amide bonds. The monoisotopic (exact) mass is 429 g/mol. The third-order valence-electron chi connectivity index (χ3n) is 4.78. The van der Waals surface area contributed by atoms with Gasteiger partial charge in [-0.15, -0.1) is 0 Å². The lowest BCUT2D eigenvalue weighted by atomic mass is 10.2. The zero-order valence-corrected chi connectivity index (χ0v) is 16.8. The van der Waals surface area contributed by atoms with E-state index >= 15 is 0 Å². The minimum atomic E-state index is -3.59. The number of nitrogens with zero attached hydrogens (tertiary/aromatic N) is 4. The van der Waals surface area contributed by atoms with Crippen LogP contribution in [-0.2, 0) is 14.9 Å². The molecule has 29 heavy (non-hydrogen) atoms. The molecule has 0 saturated carbocycles. The number of ether oxygens (including phenoxy) is 2. The van der Waals surface area contributed by atoms with Gasteiger partial charge in [-0.2, -0.15) is 17.0 Å². The minimum Gasteiger partial charge on any atom is -0.495 e. The van der Waals surface area contributed by atoms with Gasteiger partial charge in [-0.3, -0.25) is 10.1 Å². The van der Waals surface area contributed by atoms with Gasteiger partial charge in [-0.05, 0) is 6.07 Å². The highest BCUT2D eigenvalue weighted by atomic mass is 32.2. The summed E-state index contributed by atoms with van der Waals surface area (Å²) in [5, 5.41) is 13.6. The Bertz CT molecular complexity index is 864. The van der Waals surface area contributed by atoms with Gasteiger partial charge in [-0.1, -0.05) is 0 Å². The van der Waals surface area contributed by atoms with Crippen LogP contribution < -0.4 is 10.1 Å². The predicted molar refractivity (Wildman–Crippen MR) is 103 cm³/mol. The number of amides is 2. The summed E-state index contributed by atoms with van der Waals surface area (Å²) in [5.74, 6) is 0.289. The van der Waals surface area contributed by atoms with Crippen molar-refractivity contribution in [3.05, 3.63) is 28.3 Å². The molecule has 0 spiro atoms. The van der Waals surface area contributed by atoms with Gasteiger partial charge in [-0.25, -0.2) is 4.79 Å². The van der Waals surface area contributed by atoms with Gasteiger partial charge < -0.3 is 19.7 Å². The van der Waals surface area contributed by atoms with Gasteiger partial charge in [0.05, 0.1) is 30.9 Å². The van der Waals surface area contributed by atoms with Gasteiger partial charge in [0.2, 0.25) is 0 Å². The Morgan fingerprint density at radius 2 is 1.76 bits per heavy atom. The first-order valence-corrected chi connectivity index (χ1v) is 10.4. The Kier molecular flexibility index (Phi) is 6.52. The molecule has 2 aliphatic heterocycles. The molecule has 0 radical (unpaired) electrons. The molecule has 12 nitrogen and oxygen atoms in total. The maximum Gasteiger partial charge on any atom is 0.322 e. The number of hydrogen-bond acceptors (Lipinski definition) is 7. The summed E-state index contributed by atoms with van der Waals surface area (Å²) in [6.45, 7) is 2.10. The van der Waals surface area contributed by atoms with E-state index in [-0.39, 0.29) is 43.3 Å². The number of morpholine rings is 1. The number of urea groups is 1. The van der Waals surface area contributed by atoms with Crippen molar-refractivity contribution in [1.29, 1.82) is 0 Å². The highest BCUT2D eigenvalue weighted by Gasteiger charge is 2.34. The third kappa shape index (κ3) is 4.75. The third-order valence-corrected chi connectivity index (χ3v) is 6.82. The molecule has 1 N–H and O–H groups in total. The van der Waals surface area contributed by atoms with Crippen LogP contribution in [0.2, 0.25) is 0 Å². The van der Waals surface area contributed by atoms with Crippen molar-refractivity contribution in [3.63, 3.8) is 0 Å². The molecule has 2 aliphatic rings. The normalized spacial score (nSPS) is 19.0. The van der Waals surface area contributed by atoms with Crippen LogP contribution in [0.4, 0.5) is 16.2 Å². The standard InChI is InChI=1S/C16H23N5O7S/c1-27-15-3-2-13(21(23)24)12-14(15)17-16(22)18-4-6-19(7-5-18)29(25,26)20-8-10-28-11-9-20/h2-3,12H,4-11H2,1H3,(H,17,22). The van der Waals surface area contributed by atoms with Crippen molar-refractivity contribution in [2.24, 2.45) is 0 Å². The fourth-order valence-corrected chi connectivity index (χ4v) is 4.73. The molecule has 1 aromatic rings. The molecule has 13 heteroatoms. The van der Waals surface area contributed by atoms with Gasteiger partial charge in [0.15, 0.2) is 0 Å². The highest BCUT2D eigenvalue weighted by Crippen LogP contribution is 2.29. The number of non-ortho nitro benzene ring substituents is 1. The van der Waals surface area contributed by atoms with Crippen LogP contribution in [0.1, 0.15) is 0 Å². The van der Waals surface area contributed by atoms with E-state index in [9.17, 15) is 23.3 Å². The van der Waals surface area contributed by atoms with E-state index in [2.05, 4.69) is 5.32 Å². The van der Waals surface area contributed by atoms with Crippen LogP contribution in [0.5, 0.6) is 5.75 Å². The first-order valence-electron chi connectivity index (χ1n) is 9.04. The van der Waals surface area contributed by atoms with E-state index in [1.807, 2.05) is 0 Å². The Hall–Kier alpha value is -2.48. The highest BCUT2D eigenvalue weighted by molar-refractivity contribution is 7.86. The lowest BCUT2D eigenvalue weighted by Crippen LogP contribution is -2.56. The van der Waals surface area contributed by atoms with E-state index in [1.165, 1.54) is 38.8 Å². The lowest BCUT2D eigenvalue weighted by molar-refractivity contribution is -0.384. The second kappa shape index (κ2) is 8.90. The van der Waals surface area contributed by atoms with Crippen molar-refractivity contribution < 1.29 is 27.6 Å². The summed E-state index contributed by atoms with van der Waals surface area (Å²) in [7, 11) is -2.19. The molecule has 1 aromatic carbocycles. The topological polar surface area (TPSA) is 135 Å². The van der Waals surface area contributed by atoms with E-state index in [4.69, 9.17) is 9.47 Å².